The molecule has 0 aliphatic heterocycles. The normalized spacial score (nSPS) is 12.0. The zero-order valence-corrected chi connectivity index (χ0v) is 18.4. The van der Waals surface area contributed by atoms with Gasteiger partial charge in [-0.3, -0.25) is 4.79 Å². The number of ether oxygens (including phenoxy) is 1. The highest BCUT2D eigenvalue weighted by atomic mass is 19.1. The van der Waals surface area contributed by atoms with E-state index in [4.69, 9.17) is 4.74 Å². The first-order valence-corrected chi connectivity index (χ1v) is 10.8. The molecule has 1 amide bonds. The van der Waals surface area contributed by atoms with Gasteiger partial charge in [0.05, 0.1) is 24.0 Å². The summed E-state index contributed by atoms with van der Waals surface area (Å²) in [5.74, 6) is 0.734. The molecule has 7 heteroatoms. The highest BCUT2D eigenvalue weighted by Crippen LogP contribution is 2.18. The molecule has 2 N–H and O–H groups in total. The number of aryl methyl sites for hydroxylation is 1. The van der Waals surface area contributed by atoms with E-state index in [9.17, 15) is 14.3 Å². The van der Waals surface area contributed by atoms with E-state index in [0.29, 0.717) is 18.1 Å². The Bertz CT molecular complexity index is 1240. The van der Waals surface area contributed by atoms with Gasteiger partial charge in [0, 0.05) is 6.54 Å². The van der Waals surface area contributed by atoms with Crippen molar-refractivity contribution in [1.82, 2.24) is 14.9 Å². The first-order valence-electron chi connectivity index (χ1n) is 10.8. The number of halogens is 1. The number of aromatic nitrogens is 2. The number of aliphatic hydroxyl groups is 1. The summed E-state index contributed by atoms with van der Waals surface area (Å²) in [6, 6.07) is 21.2. The number of nitrogens with zero attached hydrogens (tertiary/aromatic N) is 2. The van der Waals surface area contributed by atoms with Crippen LogP contribution in [0.25, 0.3) is 11.0 Å². The Morgan fingerprint density at radius 1 is 1.12 bits per heavy atom. The van der Waals surface area contributed by atoms with E-state index < -0.39 is 6.10 Å². The molecule has 0 aliphatic rings. The zero-order valence-electron chi connectivity index (χ0n) is 18.4. The molecule has 0 aliphatic carbocycles. The largest absolute Gasteiger partial charge is 0.491 e. The van der Waals surface area contributed by atoms with E-state index in [1.165, 1.54) is 12.1 Å². The molecule has 33 heavy (non-hydrogen) atoms. The van der Waals surface area contributed by atoms with Crippen LogP contribution in [-0.2, 0) is 24.3 Å². The van der Waals surface area contributed by atoms with Crippen molar-refractivity contribution in [3.05, 3.63) is 95.6 Å². The number of carbonyl (C=O) groups is 1. The van der Waals surface area contributed by atoms with Gasteiger partial charge in [0.15, 0.2) is 0 Å². The maximum atomic E-state index is 13.1. The molecule has 1 unspecified atom stereocenters. The van der Waals surface area contributed by atoms with Crippen molar-refractivity contribution in [3.63, 3.8) is 0 Å². The molecule has 0 fully saturated rings. The van der Waals surface area contributed by atoms with Crippen LogP contribution in [0.5, 0.6) is 5.75 Å². The second-order valence-corrected chi connectivity index (χ2v) is 7.99. The van der Waals surface area contributed by atoms with Gasteiger partial charge in [-0.15, -0.1) is 0 Å². The number of fused-ring (bicyclic) bond motifs is 1. The maximum Gasteiger partial charge on any atom is 0.227 e. The summed E-state index contributed by atoms with van der Waals surface area (Å²) in [5, 5.41) is 13.5. The van der Waals surface area contributed by atoms with Crippen molar-refractivity contribution in [2.75, 3.05) is 6.61 Å². The number of hydrogen-bond donors (Lipinski definition) is 2. The summed E-state index contributed by atoms with van der Waals surface area (Å²) >= 11 is 0. The molecule has 1 heterocycles. The van der Waals surface area contributed by atoms with Gasteiger partial charge in [-0.05, 0) is 54.4 Å². The number of aliphatic hydroxyl groups excluding tert-OH is 1. The van der Waals surface area contributed by atoms with Crippen LogP contribution in [0.2, 0.25) is 0 Å². The van der Waals surface area contributed by atoms with Gasteiger partial charge in [-0.25, -0.2) is 9.37 Å². The molecule has 0 radical (unpaired) electrons. The van der Waals surface area contributed by atoms with E-state index in [1.54, 1.807) is 12.1 Å². The van der Waals surface area contributed by atoms with Gasteiger partial charge in [-0.1, -0.05) is 36.4 Å². The van der Waals surface area contributed by atoms with Crippen LogP contribution in [0, 0.1) is 12.7 Å². The van der Waals surface area contributed by atoms with Gasteiger partial charge < -0.3 is 19.7 Å². The number of amides is 1. The molecular weight excluding hydrogens is 421 g/mol. The first kappa shape index (κ1) is 22.5. The van der Waals surface area contributed by atoms with Crippen LogP contribution in [-0.4, -0.2) is 33.3 Å². The van der Waals surface area contributed by atoms with E-state index in [1.807, 2.05) is 60.0 Å². The lowest BCUT2D eigenvalue weighted by Gasteiger charge is -2.16. The van der Waals surface area contributed by atoms with E-state index in [0.717, 1.165) is 22.2 Å². The summed E-state index contributed by atoms with van der Waals surface area (Å²) in [6.45, 7) is 2.64. The predicted octanol–water partition coefficient (Wildman–Crippen LogP) is 3.78. The molecule has 6 nitrogen and oxygen atoms in total. The number of nitrogens with one attached hydrogen (secondary N) is 1. The lowest BCUT2D eigenvalue weighted by molar-refractivity contribution is -0.120. The zero-order chi connectivity index (χ0) is 23.2. The highest BCUT2D eigenvalue weighted by Gasteiger charge is 2.17. The molecule has 170 valence electrons. The van der Waals surface area contributed by atoms with Gasteiger partial charge in [0.1, 0.15) is 30.1 Å². The Morgan fingerprint density at radius 3 is 2.70 bits per heavy atom. The molecule has 0 bridgehead atoms. The molecule has 4 rings (SSSR count). The minimum Gasteiger partial charge on any atom is -0.491 e. The maximum absolute atomic E-state index is 13.1. The smallest absolute Gasteiger partial charge is 0.227 e. The fourth-order valence-corrected chi connectivity index (χ4v) is 3.63. The topological polar surface area (TPSA) is 76.4 Å². The number of para-hydroxylation sites is 2. The van der Waals surface area contributed by atoms with Crippen molar-refractivity contribution in [1.29, 1.82) is 0 Å². The lowest BCUT2D eigenvalue weighted by Crippen LogP contribution is -2.28. The monoisotopic (exact) mass is 447 g/mol. The first-order chi connectivity index (χ1) is 16.0. The minimum atomic E-state index is -0.788. The Morgan fingerprint density at radius 2 is 1.91 bits per heavy atom. The second-order valence-electron chi connectivity index (χ2n) is 7.99. The molecule has 0 saturated carbocycles. The van der Waals surface area contributed by atoms with E-state index >= 15 is 0 Å². The summed E-state index contributed by atoms with van der Waals surface area (Å²) in [5.41, 5.74) is 3.48. The third-order valence-electron chi connectivity index (χ3n) is 5.28. The fraction of sp³-hybridized carbons (Fsp3) is 0.231. The van der Waals surface area contributed by atoms with Crippen LogP contribution in [0.15, 0.2) is 72.8 Å². The summed E-state index contributed by atoms with van der Waals surface area (Å²) in [6.07, 6.45) is -0.731. The van der Waals surface area contributed by atoms with E-state index in [2.05, 4.69) is 10.3 Å². The summed E-state index contributed by atoms with van der Waals surface area (Å²) < 4.78 is 20.7. The van der Waals surface area contributed by atoms with Gasteiger partial charge in [-0.2, -0.15) is 0 Å². The Kier molecular flexibility index (Phi) is 7.00. The quantitative estimate of drug-likeness (QED) is 0.409. The third kappa shape index (κ3) is 5.96. The number of carbonyl (C=O) groups excluding carboxylic acids is 1. The summed E-state index contributed by atoms with van der Waals surface area (Å²) in [4.78, 5) is 17.2. The van der Waals surface area contributed by atoms with Crippen molar-refractivity contribution >= 4 is 16.9 Å². The Balaban J connectivity index is 1.43. The van der Waals surface area contributed by atoms with Crippen LogP contribution in [0.4, 0.5) is 4.39 Å². The van der Waals surface area contributed by atoms with Gasteiger partial charge in [0.2, 0.25) is 5.91 Å². The minimum absolute atomic E-state index is 0.0569. The molecule has 0 saturated heterocycles. The molecular formula is C26H26FN3O3. The van der Waals surface area contributed by atoms with Crippen molar-refractivity contribution in [3.8, 4) is 5.75 Å². The lowest BCUT2D eigenvalue weighted by atomic mass is 10.2. The van der Waals surface area contributed by atoms with Gasteiger partial charge in [0.25, 0.3) is 0 Å². The number of benzene rings is 3. The standard InChI is InChI=1S/C26H26FN3O3/c1-18-5-4-6-22(13-18)33-17-21(31)16-30-24-8-3-2-7-23(24)29-25(30)14-26(32)28-15-19-9-11-20(27)12-10-19/h2-13,21,31H,14-17H2,1H3,(H,28,32). The SMILES string of the molecule is Cc1cccc(OCC(O)Cn2c(CC(=O)NCc3ccc(F)cc3)nc3ccccc32)c1. The van der Waals surface area contributed by atoms with Crippen molar-refractivity contribution in [2.45, 2.75) is 32.5 Å². The number of imidazole rings is 1. The molecule has 1 aromatic heterocycles. The third-order valence-corrected chi connectivity index (χ3v) is 5.28. The Labute approximate surface area is 191 Å². The van der Waals surface area contributed by atoms with Crippen LogP contribution in [0.3, 0.4) is 0 Å². The van der Waals surface area contributed by atoms with E-state index in [-0.39, 0.29) is 31.3 Å². The fourth-order valence-electron chi connectivity index (χ4n) is 3.63. The predicted molar refractivity (Wildman–Crippen MR) is 124 cm³/mol. The second kappa shape index (κ2) is 10.3. The van der Waals surface area contributed by atoms with Crippen molar-refractivity contribution in [2.24, 2.45) is 0 Å². The average Bonchev–Trinajstić information content (AvgIpc) is 3.14. The number of rotatable bonds is 9. The van der Waals surface area contributed by atoms with Crippen LogP contribution in [0.1, 0.15) is 17.0 Å². The Hall–Kier alpha value is -3.71. The highest BCUT2D eigenvalue weighted by molar-refractivity contribution is 5.81. The summed E-state index contributed by atoms with van der Waals surface area (Å²) in [7, 11) is 0. The molecule has 1 atom stereocenters. The van der Waals surface area contributed by atoms with Crippen molar-refractivity contribution < 1.29 is 19.0 Å². The molecule has 0 spiro atoms. The molecule has 4 aromatic rings. The number of hydrogen-bond acceptors (Lipinski definition) is 4. The van der Waals surface area contributed by atoms with Gasteiger partial charge >= 0.3 is 0 Å². The van der Waals surface area contributed by atoms with Crippen LogP contribution >= 0.6 is 0 Å². The molecule has 3 aromatic carbocycles. The average molecular weight is 448 g/mol. The van der Waals surface area contributed by atoms with Crippen LogP contribution < -0.4 is 10.1 Å².